The van der Waals surface area contributed by atoms with Crippen molar-refractivity contribution >= 4 is 0 Å². The maximum absolute atomic E-state index is 2.68. The van der Waals surface area contributed by atoms with Crippen LogP contribution in [0.15, 0.2) is 0 Å². The highest BCUT2D eigenvalue weighted by molar-refractivity contribution is 4.94. The first-order valence-electron chi connectivity index (χ1n) is 6.97. The van der Waals surface area contributed by atoms with Gasteiger partial charge in [0.25, 0.3) is 0 Å². The molecule has 2 saturated heterocycles. The van der Waals surface area contributed by atoms with Crippen LogP contribution in [0.2, 0.25) is 0 Å². The van der Waals surface area contributed by atoms with Crippen LogP contribution in [0.3, 0.4) is 0 Å². The minimum absolute atomic E-state index is 0.719. The Bertz CT molecular complexity index is 237. The fourth-order valence-corrected chi connectivity index (χ4v) is 3.49. The molecule has 0 aromatic heterocycles. The Kier molecular flexibility index (Phi) is 3.60. The Hall–Kier alpha value is -0.0800. The molecule has 0 aliphatic carbocycles. The molecule has 2 aliphatic heterocycles. The molecule has 0 spiro atoms. The number of rotatable bonds is 2. The largest absolute Gasteiger partial charge is 0.300 e. The normalized spacial score (nSPS) is 37.3. The summed E-state index contributed by atoms with van der Waals surface area (Å²) in [5, 5.41) is 0. The van der Waals surface area contributed by atoms with Gasteiger partial charge in [0.15, 0.2) is 0 Å². The lowest BCUT2D eigenvalue weighted by Gasteiger charge is -2.41. The molecule has 2 fully saturated rings. The molecule has 0 N–H and O–H groups in total. The Labute approximate surface area is 101 Å². The van der Waals surface area contributed by atoms with Gasteiger partial charge in [0.2, 0.25) is 0 Å². The van der Waals surface area contributed by atoms with Gasteiger partial charge >= 0.3 is 0 Å². The number of piperidine rings is 1. The predicted octanol–water partition coefficient (Wildman–Crippen LogP) is 2.30. The average Bonchev–Trinajstić information content (AvgIpc) is 2.61. The van der Waals surface area contributed by atoms with Crippen LogP contribution in [-0.2, 0) is 0 Å². The minimum atomic E-state index is 0.719. The van der Waals surface area contributed by atoms with E-state index in [1.165, 1.54) is 26.2 Å². The molecule has 0 aromatic rings. The van der Waals surface area contributed by atoms with Crippen LogP contribution in [0, 0.1) is 17.8 Å². The van der Waals surface area contributed by atoms with Crippen molar-refractivity contribution in [2.45, 2.75) is 46.7 Å². The van der Waals surface area contributed by atoms with E-state index in [0.29, 0.717) is 0 Å². The van der Waals surface area contributed by atoms with E-state index in [1.807, 2.05) is 0 Å². The van der Waals surface area contributed by atoms with Crippen molar-refractivity contribution in [3.63, 3.8) is 0 Å². The zero-order valence-corrected chi connectivity index (χ0v) is 11.6. The van der Waals surface area contributed by atoms with Crippen molar-refractivity contribution in [1.29, 1.82) is 0 Å². The first-order chi connectivity index (χ1) is 7.49. The highest BCUT2D eigenvalue weighted by atomic mass is 15.2. The quantitative estimate of drug-likeness (QED) is 0.710. The Morgan fingerprint density at radius 1 is 0.812 bits per heavy atom. The molecule has 0 bridgehead atoms. The summed E-state index contributed by atoms with van der Waals surface area (Å²) < 4.78 is 0. The van der Waals surface area contributed by atoms with Crippen LogP contribution >= 0.6 is 0 Å². The molecule has 0 radical (unpaired) electrons. The second-order valence-corrected chi connectivity index (χ2v) is 6.50. The molecule has 2 heterocycles. The van der Waals surface area contributed by atoms with Crippen LogP contribution in [0.25, 0.3) is 0 Å². The van der Waals surface area contributed by atoms with Gasteiger partial charge in [0.05, 0.1) is 0 Å². The molecular formula is C14H28N2. The minimum Gasteiger partial charge on any atom is -0.300 e. The Balaban J connectivity index is 2.01. The molecule has 2 heteroatoms. The lowest BCUT2D eigenvalue weighted by atomic mass is 9.80. The number of hydrogen-bond acceptors (Lipinski definition) is 2. The van der Waals surface area contributed by atoms with Gasteiger partial charge in [-0.3, -0.25) is 0 Å². The first-order valence-corrected chi connectivity index (χ1v) is 6.97. The van der Waals surface area contributed by atoms with E-state index in [2.05, 4.69) is 44.4 Å². The SMILES string of the molecule is CC(C)N1C[C@H]2CN(C(C)C)C[C@H](C)[C@H]2C1. The first kappa shape index (κ1) is 12.4. The molecule has 2 aliphatic rings. The van der Waals surface area contributed by atoms with Crippen LogP contribution in [-0.4, -0.2) is 48.1 Å². The zero-order chi connectivity index (χ0) is 11.9. The van der Waals surface area contributed by atoms with Gasteiger partial charge in [0, 0.05) is 38.3 Å². The molecule has 94 valence electrons. The van der Waals surface area contributed by atoms with Gasteiger partial charge in [-0.2, -0.15) is 0 Å². The van der Waals surface area contributed by atoms with Crippen LogP contribution in [0.1, 0.15) is 34.6 Å². The highest BCUT2D eigenvalue weighted by Crippen LogP contribution is 2.36. The maximum atomic E-state index is 2.68. The van der Waals surface area contributed by atoms with Gasteiger partial charge in [-0.25, -0.2) is 0 Å². The van der Waals surface area contributed by atoms with Gasteiger partial charge < -0.3 is 9.80 Å². The number of likely N-dealkylation sites (tertiary alicyclic amines) is 2. The Morgan fingerprint density at radius 3 is 1.81 bits per heavy atom. The fraction of sp³-hybridized carbons (Fsp3) is 1.00. The molecule has 0 unspecified atom stereocenters. The zero-order valence-electron chi connectivity index (χ0n) is 11.6. The summed E-state index contributed by atoms with van der Waals surface area (Å²) in [7, 11) is 0. The van der Waals surface area contributed by atoms with Crippen molar-refractivity contribution in [2.75, 3.05) is 26.2 Å². The third kappa shape index (κ3) is 2.28. The van der Waals surface area contributed by atoms with Crippen LogP contribution < -0.4 is 0 Å². The summed E-state index contributed by atoms with van der Waals surface area (Å²) in [6.45, 7) is 17.1. The summed E-state index contributed by atoms with van der Waals surface area (Å²) in [6.07, 6.45) is 0. The predicted molar refractivity (Wildman–Crippen MR) is 69.6 cm³/mol. The van der Waals surface area contributed by atoms with Gasteiger partial charge in [-0.05, 0) is 45.4 Å². The summed E-state index contributed by atoms with van der Waals surface area (Å²) in [5.74, 6) is 2.76. The topological polar surface area (TPSA) is 6.48 Å². The Morgan fingerprint density at radius 2 is 1.31 bits per heavy atom. The lowest BCUT2D eigenvalue weighted by molar-refractivity contribution is 0.0745. The van der Waals surface area contributed by atoms with Crippen molar-refractivity contribution in [3.8, 4) is 0 Å². The monoisotopic (exact) mass is 224 g/mol. The van der Waals surface area contributed by atoms with Crippen LogP contribution in [0.4, 0.5) is 0 Å². The fourth-order valence-electron chi connectivity index (χ4n) is 3.49. The summed E-state index contributed by atoms with van der Waals surface area (Å²) in [6, 6.07) is 1.45. The van der Waals surface area contributed by atoms with Gasteiger partial charge in [0.1, 0.15) is 0 Å². The molecule has 2 rings (SSSR count). The summed E-state index contributed by atoms with van der Waals surface area (Å²) >= 11 is 0. The second-order valence-electron chi connectivity index (χ2n) is 6.50. The van der Waals surface area contributed by atoms with Gasteiger partial charge in [-0.15, -0.1) is 0 Å². The van der Waals surface area contributed by atoms with Crippen molar-refractivity contribution in [3.05, 3.63) is 0 Å². The molecule has 16 heavy (non-hydrogen) atoms. The van der Waals surface area contributed by atoms with E-state index in [9.17, 15) is 0 Å². The third-order valence-electron chi connectivity index (χ3n) is 4.70. The van der Waals surface area contributed by atoms with Crippen molar-refractivity contribution in [2.24, 2.45) is 17.8 Å². The van der Waals surface area contributed by atoms with Crippen molar-refractivity contribution in [1.82, 2.24) is 9.80 Å². The van der Waals surface area contributed by atoms with E-state index in [1.54, 1.807) is 0 Å². The van der Waals surface area contributed by atoms with E-state index in [4.69, 9.17) is 0 Å². The maximum Gasteiger partial charge on any atom is 0.00388 e. The number of fused-ring (bicyclic) bond motifs is 1. The smallest absolute Gasteiger partial charge is 0.00388 e. The summed E-state index contributed by atoms with van der Waals surface area (Å²) in [4.78, 5) is 5.35. The molecular weight excluding hydrogens is 196 g/mol. The number of hydrogen-bond donors (Lipinski definition) is 0. The second kappa shape index (κ2) is 4.66. The molecule has 0 saturated carbocycles. The average molecular weight is 224 g/mol. The molecule has 2 nitrogen and oxygen atoms in total. The standard InChI is InChI=1S/C14H28N2/c1-10(2)15-6-12(5)14-9-16(11(3)4)8-13(14)7-15/h10-14H,6-9H2,1-5H3/t12-,13+,14+/m0/s1. The van der Waals surface area contributed by atoms with E-state index < -0.39 is 0 Å². The molecule has 3 atom stereocenters. The highest BCUT2D eigenvalue weighted by Gasteiger charge is 2.41. The van der Waals surface area contributed by atoms with E-state index >= 15 is 0 Å². The van der Waals surface area contributed by atoms with Crippen molar-refractivity contribution < 1.29 is 0 Å². The lowest BCUT2D eigenvalue weighted by Crippen LogP contribution is -2.47. The third-order valence-corrected chi connectivity index (χ3v) is 4.70. The van der Waals surface area contributed by atoms with Crippen LogP contribution in [0.5, 0.6) is 0 Å². The van der Waals surface area contributed by atoms with Gasteiger partial charge in [-0.1, -0.05) is 6.92 Å². The molecule has 0 amide bonds. The van der Waals surface area contributed by atoms with E-state index in [0.717, 1.165) is 29.8 Å². The number of nitrogens with zero attached hydrogens (tertiary/aromatic N) is 2. The molecule has 0 aromatic carbocycles. The van der Waals surface area contributed by atoms with E-state index in [-0.39, 0.29) is 0 Å². The summed E-state index contributed by atoms with van der Waals surface area (Å²) in [5.41, 5.74) is 0.